The van der Waals surface area contributed by atoms with Crippen LogP contribution in [0.5, 0.6) is 0 Å². The monoisotopic (exact) mass is 444 g/mol. The number of primary amides is 1. The van der Waals surface area contributed by atoms with Crippen LogP contribution in [0.3, 0.4) is 0 Å². The highest BCUT2D eigenvalue weighted by Gasteiger charge is 2.43. The van der Waals surface area contributed by atoms with Crippen LogP contribution in [0.4, 0.5) is 16.3 Å². The summed E-state index contributed by atoms with van der Waals surface area (Å²) in [5.41, 5.74) is 10.6. The average molecular weight is 445 g/mol. The fraction of sp³-hybridized carbons (Fsp3) is 0.407. The molecule has 0 saturated carbocycles. The number of quaternary nitrogens is 1. The molecule has 0 radical (unpaired) electrons. The Morgan fingerprint density at radius 1 is 1.09 bits per heavy atom. The van der Waals surface area contributed by atoms with E-state index >= 15 is 0 Å². The Kier molecular flexibility index (Phi) is 5.94. The first-order valence-electron chi connectivity index (χ1n) is 12.2. The highest BCUT2D eigenvalue weighted by molar-refractivity contribution is 5.72. The van der Waals surface area contributed by atoms with Crippen molar-refractivity contribution in [3.8, 4) is 5.69 Å². The van der Waals surface area contributed by atoms with Gasteiger partial charge < -0.3 is 15.2 Å². The Labute approximate surface area is 196 Å². The van der Waals surface area contributed by atoms with E-state index < -0.39 is 0 Å². The van der Waals surface area contributed by atoms with Crippen LogP contribution in [-0.2, 0) is 12.8 Å². The number of benzene rings is 1. The van der Waals surface area contributed by atoms with E-state index in [-0.39, 0.29) is 6.03 Å². The zero-order chi connectivity index (χ0) is 22.8. The molecule has 2 aromatic heterocycles. The summed E-state index contributed by atoms with van der Waals surface area (Å²) in [5, 5.41) is 0. The molecule has 2 amide bonds. The number of urea groups is 1. The van der Waals surface area contributed by atoms with E-state index in [2.05, 4.69) is 77.3 Å². The van der Waals surface area contributed by atoms with Gasteiger partial charge in [-0.05, 0) is 62.1 Å². The number of pyridine rings is 1. The Balaban J connectivity index is 1.38. The number of carbonyl (C=O) groups is 1. The van der Waals surface area contributed by atoms with Crippen molar-refractivity contribution in [1.82, 2.24) is 9.55 Å². The fourth-order valence-corrected chi connectivity index (χ4v) is 5.71. The van der Waals surface area contributed by atoms with Crippen molar-refractivity contribution in [2.24, 2.45) is 5.73 Å². The third-order valence-electron chi connectivity index (χ3n) is 7.60. The lowest BCUT2D eigenvalue weighted by Gasteiger charge is -2.34. The lowest BCUT2D eigenvalue weighted by atomic mass is 10.0. The largest absolute Gasteiger partial charge is 0.414 e. The molecule has 4 heterocycles. The van der Waals surface area contributed by atoms with E-state index in [1.54, 1.807) is 0 Å². The number of rotatable bonds is 6. The molecule has 2 aliphatic rings. The van der Waals surface area contributed by atoms with E-state index in [0.717, 1.165) is 69.7 Å². The van der Waals surface area contributed by atoms with E-state index in [0.29, 0.717) is 10.5 Å². The minimum absolute atomic E-state index is 0.175. The summed E-state index contributed by atoms with van der Waals surface area (Å²) < 4.78 is 2.60. The quantitative estimate of drug-likeness (QED) is 0.546. The molecule has 0 bridgehead atoms. The number of hydrogen-bond acceptors (Lipinski definition) is 3. The van der Waals surface area contributed by atoms with Gasteiger partial charge in [-0.25, -0.2) is 14.3 Å². The van der Waals surface area contributed by atoms with Crippen molar-refractivity contribution in [2.45, 2.75) is 51.5 Å². The van der Waals surface area contributed by atoms with Gasteiger partial charge in [0.05, 0.1) is 30.5 Å². The van der Waals surface area contributed by atoms with E-state index in [4.69, 9.17) is 10.7 Å². The molecule has 0 spiro atoms. The van der Waals surface area contributed by atoms with Crippen LogP contribution < -0.4 is 10.6 Å². The molecule has 1 unspecified atom stereocenters. The minimum Gasteiger partial charge on any atom is -0.324 e. The van der Waals surface area contributed by atoms with Gasteiger partial charge in [0.1, 0.15) is 5.82 Å². The Morgan fingerprint density at radius 2 is 1.88 bits per heavy atom. The van der Waals surface area contributed by atoms with Gasteiger partial charge in [0.25, 0.3) is 0 Å². The number of aryl methyl sites for hydroxylation is 2. The summed E-state index contributed by atoms with van der Waals surface area (Å²) in [4.78, 5) is 19.8. The van der Waals surface area contributed by atoms with Crippen LogP contribution in [0.15, 0.2) is 60.9 Å². The van der Waals surface area contributed by atoms with Gasteiger partial charge in [-0.2, -0.15) is 0 Å². The van der Waals surface area contributed by atoms with Gasteiger partial charge in [0.15, 0.2) is 0 Å². The zero-order valence-electron chi connectivity index (χ0n) is 19.5. The summed E-state index contributed by atoms with van der Waals surface area (Å²) in [6.45, 7) is 4.80. The summed E-state index contributed by atoms with van der Waals surface area (Å²) in [6, 6.07) is 17.2. The number of carbonyl (C=O) groups excluding carboxylic acids is 1. The van der Waals surface area contributed by atoms with E-state index in [1.165, 1.54) is 16.9 Å². The molecule has 2 N–H and O–H groups in total. The van der Waals surface area contributed by atoms with Gasteiger partial charge in [0.2, 0.25) is 0 Å². The number of aromatic nitrogens is 2. The maximum atomic E-state index is 12.3. The summed E-state index contributed by atoms with van der Waals surface area (Å²) in [5.74, 6) is 1.08. The van der Waals surface area contributed by atoms with Crippen LogP contribution >= 0.6 is 0 Å². The molecule has 6 nitrogen and oxygen atoms in total. The molecule has 172 valence electrons. The molecule has 1 fully saturated rings. The number of hydrogen-bond donors (Lipinski definition) is 1. The SMILES string of the molecule is C[C@@H]1CCC[N+]1(CCCc1ccc2c(n1)N(c1ccccc1-n1cccc1)CCC2)C(N)=O. The van der Waals surface area contributed by atoms with E-state index in [9.17, 15) is 4.79 Å². The molecule has 3 aromatic rings. The second-order valence-corrected chi connectivity index (χ2v) is 9.53. The molecular weight excluding hydrogens is 410 g/mol. The predicted octanol–water partition coefficient (Wildman–Crippen LogP) is 4.97. The first-order chi connectivity index (χ1) is 16.1. The zero-order valence-corrected chi connectivity index (χ0v) is 19.5. The van der Waals surface area contributed by atoms with Crippen LogP contribution in [-0.4, -0.2) is 45.7 Å². The van der Waals surface area contributed by atoms with Crippen LogP contribution in [0.2, 0.25) is 0 Å². The molecule has 6 heteroatoms. The van der Waals surface area contributed by atoms with Crippen molar-refractivity contribution in [1.29, 1.82) is 0 Å². The molecule has 1 saturated heterocycles. The molecular formula is C27H34N5O+. The highest BCUT2D eigenvalue weighted by atomic mass is 16.2. The smallest absolute Gasteiger partial charge is 0.324 e. The number of amides is 2. The second kappa shape index (κ2) is 9.02. The first kappa shape index (κ1) is 21.7. The summed E-state index contributed by atoms with van der Waals surface area (Å²) >= 11 is 0. The number of nitrogens with two attached hydrogens (primary N) is 1. The summed E-state index contributed by atoms with van der Waals surface area (Å²) in [7, 11) is 0. The van der Waals surface area contributed by atoms with Gasteiger partial charge in [-0.3, -0.25) is 0 Å². The molecule has 5 rings (SSSR count). The van der Waals surface area contributed by atoms with Gasteiger partial charge in [-0.15, -0.1) is 0 Å². The predicted molar refractivity (Wildman–Crippen MR) is 132 cm³/mol. The summed E-state index contributed by atoms with van der Waals surface area (Å²) in [6.07, 6.45) is 10.3. The van der Waals surface area contributed by atoms with Crippen LogP contribution in [0.1, 0.15) is 43.9 Å². The maximum Gasteiger partial charge on any atom is 0.414 e. The van der Waals surface area contributed by atoms with Crippen LogP contribution in [0.25, 0.3) is 5.69 Å². The molecule has 2 aliphatic heterocycles. The normalized spacial score (nSPS) is 22.3. The fourth-order valence-electron chi connectivity index (χ4n) is 5.71. The Hall–Kier alpha value is -3.12. The Bertz CT molecular complexity index is 1130. The lowest BCUT2D eigenvalue weighted by Crippen LogP contribution is -2.58. The Morgan fingerprint density at radius 3 is 2.61 bits per heavy atom. The van der Waals surface area contributed by atoms with Crippen molar-refractivity contribution < 1.29 is 9.28 Å². The number of nitrogens with zero attached hydrogens (tertiary/aromatic N) is 4. The molecule has 0 aliphatic carbocycles. The molecule has 2 atom stereocenters. The van der Waals surface area contributed by atoms with E-state index in [1.807, 2.05) is 0 Å². The van der Waals surface area contributed by atoms with Gasteiger partial charge >= 0.3 is 6.03 Å². The third kappa shape index (κ3) is 4.04. The van der Waals surface area contributed by atoms with Crippen molar-refractivity contribution >= 4 is 17.5 Å². The van der Waals surface area contributed by atoms with Crippen LogP contribution in [0, 0.1) is 0 Å². The molecule has 33 heavy (non-hydrogen) atoms. The standard InChI is InChI=1S/C27H33N5O/c1-21-9-7-19-32(21,27(28)33)20-8-11-23-15-14-22-10-6-18-31(26(22)29-23)25-13-3-2-12-24(25)30-16-4-5-17-30/h2-5,12-17,21H,6-11,18-20H2,1H3,(H-,28,33)/p+1/t21-,32?/m1/s1. The number of para-hydroxylation sites is 2. The maximum absolute atomic E-state index is 12.3. The first-order valence-corrected chi connectivity index (χ1v) is 12.2. The van der Waals surface area contributed by atoms with Crippen molar-refractivity contribution in [3.63, 3.8) is 0 Å². The second-order valence-electron chi connectivity index (χ2n) is 9.53. The lowest BCUT2D eigenvalue weighted by molar-refractivity contribution is -0.859. The topological polar surface area (TPSA) is 64.2 Å². The van der Waals surface area contributed by atoms with Crippen molar-refractivity contribution in [2.75, 3.05) is 24.5 Å². The van der Waals surface area contributed by atoms with Crippen molar-refractivity contribution in [3.05, 3.63) is 72.2 Å². The van der Waals surface area contributed by atoms with Gasteiger partial charge in [0, 0.05) is 43.9 Å². The molecule has 1 aromatic carbocycles. The minimum atomic E-state index is -0.175. The third-order valence-corrected chi connectivity index (χ3v) is 7.60. The highest BCUT2D eigenvalue weighted by Crippen LogP contribution is 2.36. The average Bonchev–Trinajstić information content (AvgIpc) is 3.49. The number of likely N-dealkylation sites (tertiary alicyclic amines) is 1. The number of anilines is 2. The van der Waals surface area contributed by atoms with Gasteiger partial charge in [-0.1, -0.05) is 18.2 Å². The number of fused-ring (bicyclic) bond motifs is 1.